The first-order valence-electron chi connectivity index (χ1n) is 6.79. The SMILES string of the molecule is O=C1C[C@@H](Nc2ccc(F)c(F)c2)C(=O)N1c1ccc(Br)cc1. The Hall–Kier alpha value is -2.28. The molecule has 2 aromatic carbocycles. The first-order chi connectivity index (χ1) is 11.0. The highest BCUT2D eigenvalue weighted by molar-refractivity contribution is 9.10. The van der Waals surface area contributed by atoms with Crippen molar-refractivity contribution in [3.8, 4) is 0 Å². The quantitative estimate of drug-likeness (QED) is 0.829. The van der Waals surface area contributed by atoms with Gasteiger partial charge in [0.2, 0.25) is 5.91 Å². The Balaban J connectivity index is 1.80. The molecule has 23 heavy (non-hydrogen) atoms. The van der Waals surface area contributed by atoms with Gasteiger partial charge in [-0.25, -0.2) is 13.7 Å². The van der Waals surface area contributed by atoms with E-state index in [1.165, 1.54) is 6.07 Å². The number of imide groups is 1. The summed E-state index contributed by atoms with van der Waals surface area (Å²) in [6, 6.07) is 9.19. The number of rotatable bonds is 3. The van der Waals surface area contributed by atoms with E-state index in [1.54, 1.807) is 24.3 Å². The Morgan fingerprint density at radius 1 is 1.04 bits per heavy atom. The number of carbonyl (C=O) groups excluding carboxylic acids is 2. The fraction of sp³-hybridized carbons (Fsp3) is 0.125. The molecular weight excluding hydrogens is 370 g/mol. The van der Waals surface area contributed by atoms with Gasteiger partial charge in [-0.2, -0.15) is 0 Å². The summed E-state index contributed by atoms with van der Waals surface area (Å²) in [6.45, 7) is 0. The molecule has 1 heterocycles. The van der Waals surface area contributed by atoms with Gasteiger partial charge in [0, 0.05) is 16.2 Å². The number of benzene rings is 2. The summed E-state index contributed by atoms with van der Waals surface area (Å²) < 4.78 is 27.0. The van der Waals surface area contributed by atoms with E-state index in [0.29, 0.717) is 5.69 Å². The number of nitrogens with one attached hydrogen (secondary N) is 1. The molecule has 118 valence electrons. The summed E-state index contributed by atoms with van der Waals surface area (Å²) in [5, 5.41) is 2.77. The van der Waals surface area contributed by atoms with Crippen molar-refractivity contribution < 1.29 is 18.4 Å². The second kappa shape index (κ2) is 6.08. The van der Waals surface area contributed by atoms with E-state index >= 15 is 0 Å². The Morgan fingerprint density at radius 2 is 1.74 bits per heavy atom. The third kappa shape index (κ3) is 3.10. The molecule has 0 bridgehead atoms. The molecule has 0 aliphatic carbocycles. The summed E-state index contributed by atoms with van der Waals surface area (Å²) in [4.78, 5) is 25.6. The van der Waals surface area contributed by atoms with Crippen molar-refractivity contribution in [2.24, 2.45) is 0 Å². The number of hydrogen-bond acceptors (Lipinski definition) is 3. The van der Waals surface area contributed by atoms with Gasteiger partial charge >= 0.3 is 0 Å². The molecular formula is C16H11BrF2N2O2. The summed E-state index contributed by atoms with van der Waals surface area (Å²) in [5.41, 5.74) is 0.713. The van der Waals surface area contributed by atoms with Crippen LogP contribution in [0.3, 0.4) is 0 Å². The summed E-state index contributed by atoms with van der Waals surface area (Å²) in [7, 11) is 0. The first-order valence-corrected chi connectivity index (χ1v) is 7.59. The van der Waals surface area contributed by atoms with E-state index in [4.69, 9.17) is 0 Å². The maximum Gasteiger partial charge on any atom is 0.256 e. The first kappa shape index (κ1) is 15.6. The van der Waals surface area contributed by atoms with Gasteiger partial charge in [0.25, 0.3) is 5.91 Å². The average molecular weight is 381 g/mol. The molecule has 7 heteroatoms. The largest absolute Gasteiger partial charge is 0.373 e. The number of hydrogen-bond donors (Lipinski definition) is 1. The van der Waals surface area contributed by atoms with Crippen LogP contribution in [0.15, 0.2) is 46.9 Å². The minimum absolute atomic E-state index is 0.0477. The van der Waals surface area contributed by atoms with Crippen molar-refractivity contribution in [1.82, 2.24) is 0 Å². The second-order valence-electron chi connectivity index (χ2n) is 5.07. The number of nitrogens with zero attached hydrogens (tertiary/aromatic N) is 1. The molecule has 4 nitrogen and oxygen atoms in total. The van der Waals surface area contributed by atoms with Crippen LogP contribution in [0.4, 0.5) is 20.2 Å². The zero-order valence-corrected chi connectivity index (χ0v) is 13.3. The molecule has 0 aromatic heterocycles. The Kier molecular flexibility index (Phi) is 4.12. The highest BCUT2D eigenvalue weighted by Gasteiger charge is 2.39. The van der Waals surface area contributed by atoms with E-state index in [9.17, 15) is 18.4 Å². The molecule has 0 spiro atoms. The van der Waals surface area contributed by atoms with E-state index < -0.39 is 23.6 Å². The van der Waals surface area contributed by atoms with Crippen LogP contribution in [0.1, 0.15) is 6.42 Å². The van der Waals surface area contributed by atoms with Crippen LogP contribution in [-0.2, 0) is 9.59 Å². The van der Waals surface area contributed by atoms with Crippen molar-refractivity contribution >= 4 is 39.1 Å². The number of anilines is 2. The smallest absolute Gasteiger partial charge is 0.256 e. The summed E-state index contributed by atoms with van der Waals surface area (Å²) >= 11 is 3.29. The minimum atomic E-state index is -1.02. The van der Waals surface area contributed by atoms with Crippen LogP contribution >= 0.6 is 15.9 Å². The molecule has 0 unspecified atom stereocenters. The highest BCUT2D eigenvalue weighted by Crippen LogP contribution is 2.26. The summed E-state index contributed by atoms with van der Waals surface area (Å²) in [5.74, 6) is -2.77. The van der Waals surface area contributed by atoms with Gasteiger partial charge in [0.1, 0.15) is 6.04 Å². The van der Waals surface area contributed by atoms with Gasteiger partial charge in [-0.3, -0.25) is 9.59 Å². The number of carbonyl (C=O) groups is 2. The maximum atomic E-state index is 13.2. The lowest BCUT2D eigenvalue weighted by atomic mass is 10.2. The van der Waals surface area contributed by atoms with Crippen molar-refractivity contribution in [1.29, 1.82) is 0 Å². The Morgan fingerprint density at radius 3 is 2.39 bits per heavy atom. The Bertz CT molecular complexity index is 780. The predicted molar refractivity (Wildman–Crippen MR) is 85.0 cm³/mol. The van der Waals surface area contributed by atoms with Gasteiger partial charge in [-0.15, -0.1) is 0 Å². The molecule has 0 radical (unpaired) electrons. The van der Waals surface area contributed by atoms with Crippen LogP contribution in [0.25, 0.3) is 0 Å². The van der Waals surface area contributed by atoms with Crippen LogP contribution in [0.5, 0.6) is 0 Å². The lowest BCUT2D eigenvalue weighted by Gasteiger charge is -2.16. The van der Waals surface area contributed by atoms with E-state index in [2.05, 4.69) is 21.2 Å². The third-order valence-corrected chi connectivity index (χ3v) is 4.02. The molecule has 2 aromatic rings. The molecule has 1 saturated heterocycles. The molecule has 0 saturated carbocycles. The fourth-order valence-electron chi connectivity index (χ4n) is 2.39. The van der Waals surface area contributed by atoms with Gasteiger partial charge in [-0.1, -0.05) is 15.9 Å². The highest BCUT2D eigenvalue weighted by atomic mass is 79.9. The van der Waals surface area contributed by atoms with Crippen molar-refractivity contribution in [2.45, 2.75) is 12.5 Å². The van der Waals surface area contributed by atoms with Gasteiger partial charge in [0.05, 0.1) is 12.1 Å². The van der Waals surface area contributed by atoms with Crippen molar-refractivity contribution in [2.75, 3.05) is 10.2 Å². The zero-order chi connectivity index (χ0) is 16.6. The third-order valence-electron chi connectivity index (χ3n) is 3.49. The monoisotopic (exact) mass is 380 g/mol. The normalized spacial score (nSPS) is 17.7. The molecule has 1 atom stereocenters. The maximum absolute atomic E-state index is 13.2. The molecule has 1 aliphatic rings. The average Bonchev–Trinajstić information content (AvgIpc) is 2.79. The van der Waals surface area contributed by atoms with E-state index in [-0.39, 0.29) is 18.0 Å². The van der Waals surface area contributed by atoms with E-state index in [0.717, 1.165) is 21.5 Å². The van der Waals surface area contributed by atoms with Gasteiger partial charge < -0.3 is 5.32 Å². The van der Waals surface area contributed by atoms with Crippen LogP contribution < -0.4 is 10.2 Å². The minimum Gasteiger partial charge on any atom is -0.373 e. The van der Waals surface area contributed by atoms with Crippen LogP contribution in [0.2, 0.25) is 0 Å². The van der Waals surface area contributed by atoms with Gasteiger partial charge in [0.15, 0.2) is 11.6 Å². The van der Waals surface area contributed by atoms with Gasteiger partial charge in [-0.05, 0) is 36.4 Å². The number of halogens is 3. The standard InChI is InChI=1S/C16H11BrF2N2O2/c17-9-1-4-11(5-2-9)21-15(22)8-14(16(21)23)20-10-3-6-12(18)13(19)7-10/h1-7,14,20H,8H2/t14-/m1/s1. The number of amides is 2. The van der Waals surface area contributed by atoms with Crippen LogP contribution in [-0.4, -0.2) is 17.9 Å². The summed E-state index contributed by atoms with van der Waals surface area (Å²) in [6.07, 6.45) is -0.0477. The molecule has 1 N–H and O–H groups in total. The lowest BCUT2D eigenvalue weighted by molar-refractivity contribution is -0.121. The predicted octanol–water partition coefficient (Wildman–Crippen LogP) is 3.47. The molecule has 1 aliphatic heterocycles. The molecule has 2 amide bonds. The molecule has 3 rings (SSSR count). The van der Waals surface area contributed by atoms with E-state index in [1.807, 2.05) is 0 Å². The lowest BCUT2D eigenvalue weighted by Crippen LogP contribution is -2.34. The van der Waals surface area contributed by atoms with Crippen LogP contribution in [0, 0.1) is 11.6 Å². The topological polar surface area (TPSA) is 49.4 Å². The fourth-order valence-corrected chi connectivity index (χ4v) is 2.66. The zero-order valence-electron chi connectivity index (χ0n) is 11.7. The Labute approximate surface area is 139 Å². The van der Waals surface area contributed by atoms with Crippen molar-refractivity contribution in [3.05, 3.63) is 58.6 Å². The molecule has 1 fully saturated rings. The van der Waals surface area contributed by atoms with Crippen molar-refractivity contribution in [3.63, 3.8) is 0 Å². The second-order valence-corrected chi connectivity index (χ2v) is 5.99.